The highest BCUT2D eigenvalue weighted by molar-refractivity contribution is 6.58. The van der Waals surface area contributed by atoms with E-state index < -0.39 is 0 Å². The smallest absolute Gasteiger partial charge is 0.0859 e. The van der Waals surface area contributed by atoms with Crippen LogP contribution >= 0.6 is 0 Å². The van der Waals surface area contributed by atoms with Crippen LogP contribution in [0.25, 0.3) is 0 Å². The average Bonchev–Trinajstić information content (AvgIpc) is 1.84. The Hall–Kier alpha value is 0.0649. The normalized spacial score (nSPS) is 12.2. The maximum Gasteiger partial charge on any atom is 0.139 e. The molecule has 12 heavy (non-hydrogen) atoms. The molecule has 0 radical (unpaired) electrons. The molecule has 0 N–H and O–H groups in total. The van der Waals surface area contributed by atoms with Gasteiger partial charge in [-0.05, 0) is 11.8 Å². The van der Waals surface area contributed by atoms with Gasteiger partial charge in [0.15, 0.2) is 0 Å². The van der Waals surface area contributed by atoms with E-state index in [2.05, 4.69) is 41.4 Å². The van der Waals surface area contributed by atoms with E-state index in [0.717, 1.165) is 12.5 Å². The second kappa shape index (κ2) is 4.94. The van der Waals surface area contributed by atoms with Gasteiger partial charge in [0, 0.05) is 0 Å². The van der Waals surface area contributed by atoms with Gasteiger partial charge in [-0.25, -0.2) is 0 Å². The van der Waals surface area contributed by atoms with E-state index in [0.29, 0.717) is 5.41 Å². The first kappa shape index (κ1) is 12.1. The van der Waals surface area contributed by atoms with Crippen molar-refractivity contribution in [3.05, 3.63) is 0 Å². The maximum absolute atomic E-state index is 2.37. The standard InChI is InChI=1S/C11H25B/c1-10(2)12(6)9-7-8-11(3,4)5/h10H,7-9H2,1-6H3. The molecular weight excluding hydrogens is 143 g/mol. The van der Waals surface area contributed by atoms with Gasteiger partial charge >= 0.3 is 0 Å². The van der Waals surface area contributed by atoms with Gasteiger partial charge in [0.05, 0.1) is 0 Å². The van der Waals surface area contributed by atoms with Crippen LogP contribution in [0.2, 0.25) is 19.0 Å². The SMILES string of the molecule is CB(CCCC(C)(C)C)C(C)C. The monoisotopic (exact) mass is 168 g/mol. The van der Waals surface area contributed by atoms with E-state index in [1.165, 1.54) is 19.2 Å². The zero-order valence-electron chi connectivity index (χ0n) is 9.78. The molecule has 0 aliphatic rings. The van der Waals surface area contributed by atoms with E-state index in [-0.39, 0.29) is 0 Å². The Morgan fingerprint density at radius 3 is 2.00 bits per heavy atom. The zero-order valence-corrected chi connectivity index (χ0v) is 9.78. The second-order valence-corrected chi connectivity index (χ2v) is 5.67. The summed E-state index contributed by atoms with van der Waals surface area (Å²) in [7, 11) is 0. The fraction of sp³-hybridized carbons (Fsp3) is 1.00. The minimum atomic E-state index is 0.525. The number of hydrogen-bond acceptors (Lipinski definition) is 0. The summed E-state index contributed by atoms with van der Waals surface area (Å²) in [4.78, 5) is 0. The van der Waals surface area contributed by atoms with Crippen molar-refractivity contribution < 1.29 is 0 Å². The van der Waals surface area contributed by atoms with Crippen molar-refractivity contribution in [3.63, 3.8) is 0 Å². The van der Waals surface area contributed by atoms with E-state index in [9.17, 15) is 0 Å². The Labute approximate surface area is 79.2 Å². The summed E-state index contributed by atoms with van der Waals surface area (Å²) in [6.07, 6.45) is 4.15. The molecule has 0 bridgehead atoms. The van der Waals surface area contributed by atoms with Crippen molar-refractivity contribution in [1.82, 2.24) is 0 Å². The maximum atomic E-state index is 2.37. The van der Waals surface area contributed by atoms with Crippen LogP contribution in [0.5, 0.6) is 0 Å². The highest BCUT2D eigenvalue weighted by atomic mass is 14.1. The third-order valence-electron chi connectivity index (χ3n) is 2.72. The summed E-state index contributed by atoms with van der Waals surface area (Å²) in [5.74, 6) is 0.852. The van der Waals surface area contributed by atoms with Gasteiger partial charge in [-0.15, -0.1) is 0 Å². The fourth-order valence-electron chi connectivity index (χ4n) is 1.29. The molecule has 0 heterocycles. The predicted molar refractivity (Wildman–Crippen MR) is 60.2 cm³/mol. The second-order valence-electron chi connectivity index (χ2n) is 5.67. The van der Waals surface area contributed by atoms with Crippen LogP contribution in [-0.2, 0) is 0 Å². The molecular formula is C11H25B. The minimum absolute atomic E-state index is 0.525. The summed E-state index contributed by atoms with van der Waals surface area (Å²) in [6, 6.07) is 0. The van der Waals surface area contributed by atoms with E-state index in [4.69, 9.17) is 0 Å². The lowest BCUT2D eigenvalue weighted by Gasteiger charge is -2.19. The Morgan fingerprint density at radius 1 is 1.17 bits per heavy atom. The van der Waals surface area contributed by atoms with Gasteiger partial charge in [-0.3, -0.25) is 0 Å². The molecule has 0 nitrogen and oxygen atoms in total. The molecule has 0 aromatic rings. The third-order valence-corrected chi connectivity index (χ3v) is 2.72. The number of rotatable bonds is 4. The molecule has 0 amide bonds. The molecule has 0 aliphatic carbocycles. The lowest BCUT2D eigenvalue weighted by Crippen LogP contribution is -2.13. The third kappa shape index (κ3) is 6.76. The summed E-state index contributed by atoms with van der Waals surface area (Å²) >= 11 is 0. The zero-order chi connectivity index (χ0) is 9.78. The summed E-state index contributed by atoms with van der Waals surface area (Å²) in [5, 5.41) is 0. The Balaban J connectivity index is 3.44. The van der Waals surface area contributed by atoms with Crippen molar-refractivity contribution in [2.24, 2.45) is 5.41 Å². The van der Waals surface area contributed by atoms with Gasteiger partial charge < -0.3 is 0 Å². The Bertz CT molecular complexity index is 111. The topological polar surface area (TPSA) is 0 Å². The van der Waals surface area contributed by atoms with Crippen LogP contribution in [0, 0.1) is 5.41 Å². The summed E-state index contributed by atoms with van der Waals surface area (Å²) < 4.78 is 0. The van der Waals surface area contributed by atoms with Crippen LogP contribution in [0.3, 0.4) is 0 Å². The molecule has 0 aliphatic heterocycles. The van der Waals surface area contributed by atoms with Crippen molar-refractivity contribution in [2.45, 2.75) is 66.4 Å². The van der Waals surface area contributed by atoms with E-state index >= 15 is 0 Å². The first-order valence-electron chi connectivity index (χ1n) is 5.33. The van der Waals surface area contributed by atoms with E-state index in [1.807, 2.05) is 0 Å². The lowest BCUT2D eigenvalue weighted by molar-refractivity contribution is 0.372. The molecule has 0 rings (SSSR count). The van der Waals surface area contributed by atoms with Crippen molar-refractivity contribution in [3.8, 4) is 0 Å². The molecule has 0 atom stereocenters. The Kier molecular flexibility index (Phi) is 4.97. The largest absolute Gasteiger partial charge is 0.139 e. The van der Waals surface area contributed by atoms with Crippen LogP contribution in [0.4, 0.5) is 0 Å². The Morgan fingerprint density at radius 2 is 1.67 bits per heavy atom. The summed E-state index contributed by atoms with van der Waals surface area (Å²) in [5.41, 5.74) is 0.525. The molecule has 0 saturated carbocycles. The molecule has 0 spiro atoms. The van der Waals surface area contributed by atoms with Crippen molar-refractivity contribution in [1.29, 1.82) is 0 Å². The van der Waals surface area contributed by atoms with E-state index in [1.54, 1.807) is 0 Å². The fourth-order valence-corrected chi connectivity index (χ4v) is 1.29. The van der Waals surface area contributed by atoms with Crippen LogP contribution in [0.1, 0.15) is 47.5 Å². The van der Waals surface area contributed by atoms with Crippen LogP contribution < -0.4 is 0 Å². The first-order chi connectivity index (χ1) is 5.33. The minimum Gasteiger partial charge on any atom is -0.0859 e. The molecule has 0 fully saturated rings. The average molecular weight is 168 g/mol. The van der Waals surface area contributed by atoms with Gasteiger partial charge in [0.2, 0.25) is 0 Å². The van der Waals surface area contributed by atoms with Crippen molar-refractivity contribution >= 4 is 6.71 Å². The van der Waals surface area contributed by atoms with Crippen molar-refractivity contribution in [2.75, 3.05) is 0 Å². The summed E-state index contributed by atoms with van der Waals surface area (Å²) in [6.45, 7) is 14.9. The lowest BCUT2D eigenvalue weighted by atomic mass is 9.41. The quantitative estimate of drug-likeness (QED) is 0.547. The van der Waals surface area contributed by atoms with Gasteiger partial charge in [0.1, 0.15) is 6.71 Å². The van der Waals surface area contributed by atoms with Gasteiger partial charge in [0.25, 0.3) is 0 Å². The molecule has 72 valence electrons. The van der Waals surface area contributed by atoms with Gasteiger partial charge in [-0.1, -0.05) is 60.0 Å². The predicted octanol–water partition coefficient (Wildman–Crippen LogP) is 4.35. The van der Waals surface area contributed by atoms with Crippen LogP contribution in [-0.4, -0.2) is 6.71 Å². The molecule has 0 aromatic carbocycles. The molecule has 0 saturated heterocycles. The molecule has 0 aromatic heterocycles. The number of hydrogen-bond donors (Lipinski definition) is 0. The molecule has 1 heteroatoms. The highest BCUT2D eigenvalue weighted by Gasteiger charge is 2.14. The first-order valence-corrected chi connectivity index (χ1v) is 5.33. The highest BCUT2D eigenvalue weighted by Crippen LogP contribution is 2.24. The van der Waals surface area contributed by atoms with Gasteiger partial charge in [-0.2, -0.15) is 0 Å². The molecule has 0 unspecified atom stereocenters. The van der Waals surface area contributed by atoms with Crippen LogP contribution in [0.15, 0.2) is 0 Å².